The maximum Gasteiger partial charge on any atom is 0.319 e. The number of nitrogens with one attached hydrogen (secondary N) is 3. The van der Waals surface area contributed by atoms with E-state index in [1.165, 1.54) is 12.8 Å². The topological polar surface area (TPSA) is 99.8 Å². The number of benzene rings is 1. The average Bonchev–Trinajstić information content (AvgIpc) is 3.16. The van der Waals surface area contributed by atoms with Crippen molar-refractivity contribution >= 4 is 27.4 Å². The molecule has 0 saturated carbocycles. The number of nitrogens with zero attached hydrogens (tertiary/aromatic N) is 1. The van der Waals surface area contributed by atoms with Crippen molar-refractivity contribution in [1.82, 2.24) is 10.2 Å². The van der Waals surface area contributed by atoms with Crippen LogP contribution < -0.4 is 15.4 Å². The Kier molecular flexibility index (Phi) is 5.45. The molecule has 138 valence electrons. The minimum absolute atomic E-state index is 0.0459. The summed E-state index contributed by atoms with van der Waals surface area (Å²) in [4.78, 5) is 14.7. The van der Waals surface area contributed by atoms with Gasteiger partial charge < -0.3 is 15.4 Å². The number of likely N-dealkylation sites (tertiary alicyclic amines) is 1. The Morgan fingerprint density at radius 2 is 1.92 bits per heavy atom. The molecule has 9 heteroatoms. The zero-order chi connectivity index (χ0) is 17.9. The molecule has 2 heterocycles. The van der Waals surface area contributed by atoms with Crippen LogP contribution in [0.2, 0.25) is 0 Å². The van der Waals surface area contributed by atoms with Crippen molar-refractivity contribution in [3.63, 3.8) is 0 Å². The summed E-state index contributed by atoms with van der Waals surface area (Å²) in [5, 5.41) is 5.71. The number of carbonyl (C=O) groups is 1. The van der Waals surface area contributed by atoms with E-state index >= 15 is 0 Å². The van der Waals surface area contributed by atoms with Gasteiger partial charge in [0.15, 0.2) is 0 Å². The first kappa shape index (κ1) is 18.0. The number of sulfonamides is 1. The lowest BCUT2D eigenvalue weighted by Gasteiger charge is -2.27. The zero-order valence-corrected chi connectivity index (χ0v) is 15.0. The molecular formula is C16H24N4O4S. The predicted molar refractivity (Wildman–Crippen MR) is 96.3 cm³/mol. The van der Waals surface area contributed by atoms with Crippen molar-refractivity contribution in [3.8, 4) is 0 Å². The molecule has 2 atom stereocenters. The number of hydrogen-bond acceptors (Lipinski definition) is 5. The van der Waals surface area contributed by atoms with Crippen molar-refractivity contribution in [2.24, 2.45) is 0 Å². The van der Waals surface area contributed by atoms with Crippen LogP contribution in [0.15, 0.2) is 24.3 Å². The summed E-state index contributed by atoms with van der Waals surface area (Å²) in [7, 11) is -3.36. The summed E-state index contributed by atoms with van der Waals surface area (Å²) in [5.74, 6) is 0. The van der Waals surface area contributed by atoms with Crippen LogP contribution >= 0.6 is 0 Å². The van der Waals surface area contributed by atoms with Gasteiger partial charge in [-0.15, -0.1) is 0 Å². The minimum atomic E-state index is -3.36. The largest absolute Gasteiger partial charge is 0.378 e. The summed E-state index contributed by atoms with van der Waals surface area (Å²) < 4.78 is 30.5. The lowest BCUT2D eigenvalue weighted by atomic mass is 10.1. The van der Waals surface area contributed by atoms with Crippen LogP contribution in [0.4, 0.5) is 16.2 Å². The molecular weight excluding hydrogens is 344 g/mol. The lowest BCUT2D eigenvalue weighted by Crippen LogP contribution is -2.51. The first-order chi connectivity index (χ1) is 11.9. The van der Waals surface area contributed by atoms with Gasteiger partial charge in [0, 0.05) is 5.69 Å². The Hall–Kier alpha value is -1.84. The fourth-order valence-electron chi connectivity index (χ4n) is 3.32. The van der Waals surface area contributed by atoms with Crippen molar-refractivity contribution in [2.75, 3.05) is 42.6 Å². The average molecular weight is 368 g/mol. The van der Waals surface area contributed by atoms with Crippen LogP contribution in [0.25, 0.3) is 0 Å². The molecule has 8 nitrogen and oxygen atoms in total. The number of ether oxygens (including phenoxy) is 1. The van der Waals surface area contributed by atoms with Crippen LogP contribution in [0, 0.1) is 0 Å². The highest BCUT2D eigenvalue weighted by Gasteiger charge is 2.35. The van der Waals surface area contributed by atoms with Gasteiger partial charge in [-0.2, -0.15) is 0 Å². The minimum Gasteiger partial charge on any atom is -0.378 e. The van der Waals surface area contributed by atoms with E-state index in [4.69, 9.17) is 4.74 Å². The van der Waals surface area contributed by atoms with Crippen LogP contribution in [-0.4, -0.2) is 64.0 Å². The van der Waals surface area contributed by atoms with Gasteiger partial charge >= 0.3 is 6.03 Å². The summed E-state index contributed by atoms with van der Waals surface area (Å²) >= 11 is 0. The van der Waals surface area contributed by atoms with Gasteiger partial charge in [0.2, 0.25) is 10.0 Å². The maximum atomic E-state index is 12.3. The van der Waals surface area contributed by atoms with E-state index in [9.17, 15) is 13.2 Å². The van der Waals surface area contributed by atoms with Gasteiger partial charge in [0.25, 0.3) is 0 Å². The second kappa shape index (κ2) is 7.59. The number of hydrogen-bond donors (Lipinski definition) is 3. The van der Waals surface area contributed by atoms with Gasteiger partial charge in [-0.1, -0.05) is 6.07 Å². The number of amides is 2. The molecule has 0 spiro atoms. The SMILES string of the molecule is CS(=O)(=O)Nc1cccc(NC(=O)N[C@@H]2COC[C@H]2N2CCCC2)c1. The van der Waals surface area contributed by atoms with E-state index in [2.05, 4.69) is 20.3 Å². The standard InChI is InChI=1S/C16H24N4O4S/c1-25(22,23)19-13-6-4-5-12(9-13)17-16(21)18-14-10-24-11-15(14)20-7-2-3-8-20/h4-6,9,14-15,19H,2-3,7-8,10-11H2,1H3,(H2,17,18,21)/t14-,15-/m1/s1. The van der Waals surface area contributed by atoms with E-state index in [1.807, 2.05) is 0 Å². The van der Waals surface area contributed by atoms with Crippen molar-refractivity contribution in [1.29, 1.82) is 0 Å². The van der Waals surface area contributed by atoms with E-state index in [0.29, 0.717) is 24.6 Å². The highest BCUT2D eigenvalue weighted by molar-refractivity contribution is 7.92. The molecule has 1 aromatic carbocycles. The number of carbonyl (C=O) groups excluding carboxylic acids is 1. The first-order valence-electron chi connectivity index (χ1n) is 8.38. The summed E-state index contributed by atoms with van der Waals surface area (Å²) in [6.45, 7) is 3.24. The van der Waals surface area contributed by atoms with E-state index < -0.39 is 10.0 Å². The van der Waals surface area contributed by atoms with Crippen molar-refractivity contribution < 1.29 is 17.9 Å². The normalized spacial score (nSPS) is 24.2. The van der Waals surface area contributed by atoms with Gasteiger partial charge in [0.1, 0.15) is 0 Å². The molecule has 0 aliphatic carbocycles. The van der Waals surface area contributed by atoms with Gasteiger partial charge in [-0.25, -0.2) is 13.2 Å². The summed E-state index contributed by atoms with van der Waals surface area (Å²) in [6.07, 6.45) is 3.46. The Bertz CT molecular complexity index is 719. The highest BCUT2D eigenvalue weighted by Crippen LogP contribution is 2.20. The molecule has 2 amide bonds. The Morgan fingerprint density at radius 1 is 1.20 bits per heavy atom. The van der Waals surface area contributed by atoms with Crippen LogP contribution in [0.1, 0.15) is 12.8 Å². The quantitative estimate of drug-likeness (QED) is 0.721. The fraction of sp³-hybridized carbons (Fsp3) is 0.562. The molecule has 2 fully saturated rings. The zero-order valence-electron chi connectivity index (χ0n) is 14.2. The molecule has 0 aromatic heterocycles. The molecule has 0 bridgehead atoms. The fourth-order valence-corrected chi connectivity index (χ4v) is 3.88. The molecule has 0 unspecified atom stereocenters. The molecule has 2 saturated heterocycles. The predicted octanol–water partition coefficient (Wildman–Crippen LogP) is 1.04. The van der Waals surface area contributed by atoms with E-state index in [0.717, 1.165) is 19.3 Å². The summed E-state index contributed by atoms with van der Waals surface area (Å²) in [6, 6.07) is 6.42. The molecule has 25 heavy (non-hydrogen) atoms. The second-order valence-corrected chi connectivity index (χ2v) is 8.26. The number of rotatable bonds is 5. The third-order valence-corrected chi connectivity index (χ3v) is 5.01. The van der Waals surface area contributed by atoms with Crippen LogP contribution in [-0.2, 0) is 14.8 Å². The van der Waals surface area contributed by atoms with E-state index in [1.54, 1.807) is 24.3 Å². The lowest BCUT2D eigenvalue weighted by molar-refractivity contribution is 0.159. The molecule has 0 radical (unpaired) electrons. The van der Waals surface area contributed by atoms with Crippen LogP contribution in [0.3, 0.4) is 0 Å². The third-order valence-electron chi connectivity index (χ3n) is 4.40. The second-order valence-electron chi connectivity index (χ2n) is 6.51. The highest BCUT2D eigenvalue weighted by atomic mass is 32.2. The third kappa shape index (κ3) is 5.07. The number of urea groups is 1. The van der Waals surface area contributed by atoms with Crippen LogP contribution in [0.5, 0.6) is 0 Å². The molecule has 3 rings (SSSR count). The molecule has 2 aliphatic heterocycles. The van der Waals surface area contributed by atoms with Gasteiger partial charge in [0.05, 0.1) is 37.2 Å². The molecule has 2 aliphatic rings. The van der Waals surface area contributed by atoms with E-state index in [-0.39, 0.29) is 18.1 Å². The molecule has 3 N–H and O–H groups in total. The monoisotopic (exact) mass is 368 g/mol. The van der Waals surface area contributed by atoms with Gasteiger partial charge in [-0.3, -0.25) is 9.62 Å². The van der Waals surface area contributed by atoms with Crippen molar-refractivity contribution in [3.05, 3.63) is 24.3 Å². The molecule has 1 aromatic rings. The Balaban J connectivity index is 1.58. The van der Waals surface area contributed by atoms with Gasteiger partial charge in [-0.05, 0) is 44.1 Å². The Labute approximate surface area is 148 Å². The Morgan fingerprint density at radius 3 is 2.64 bits per heavy atom. The smallest absolute Gasteiger partial charge is 0.319 e. The first-order valence-corrected chi connectivity index (χ1v) is 10.3. The maximum absolute atomic E-state index is 12.3. The van der Waals surface area contributed by atoms with Crippen molar-refractivity contribution in [2.45, 2.75) is 24.9 Å². The summed E-state index contributed by atoms with van der Waals surface area (Å²) in [5.41, 5.74) is 0.919. The number of anilines is 2.